The van der Waals surface area contributed by atoms with Crippen LogP contribution in [0.5, 0.6) is 5.75 Å². The van der Waals surface area contributed by atoms with E-state index in [2.05, 4.69) is 15.4 Å². The van der Waals surface area contributed by atoms with Gasteiger partial charge in [-0.1, -0.05) is 18.2 Å². The number of carbonyl (C=O) groups excluding carboxylic acids is 1. The zero-order valence-corrected chi connectivity index (χ0v) is 12.4. The summed E-state index contributed by atoms with van der Waals surface area (Å²) in [6.07, 6.45) is 0.0726. The number of nitrogens with one attached hydrogen (secondary N) is 2. The molecule has 5 nitrogen and oxygen atoms in total. The fraction of sp³-hybridized carbons (Fsp3) is 0.533. The van der Waals surface area contributed by atoms with Gasteiger partial charge >= 0.3 is 6.61 Å². The maximum atomic E-state index is 12.4. The Morgan fingerprint density at radius 3 is 2.95 bits per heavy atom. The predicted octanol–water partition coefficient (Wildman–Crippen LogP) is 1.84. The second kappa shape index (κ2) is 8.05. The smallest absolute Gasteiger partial charge is 0.387 e. The normalized spacial score (nSPS) is 19.7. The van der Waals surface area contributed by atoms with Crippen LogP contribution in [0, 0.1) is 0 Å². The van der Waals surface area contributed by atoms with Gasteiger partial charge in [0.2, 0.25) is 5.91 Å². The van der Waals surface area contributed by atoms with Gasteiger partial charge in [0.15, 0.2) is 0 Å². The van der Waals surface area contributed by atoms with Crippen molar-refractivity contribution in [3.63, 3.8) is 0 Å². The molecule has 1 aromatic rings. The van der Waals surface area contributed by atoms with E-state index in [-0.39, 0.29) is 24.2 Å². The first-order valence-electron chi connectivity index (χ1n) is 7.21. The lowest BCUT2D eigenvalue weighted by molar-refractivity contribution is -0.125. The van der Waals surface area contributed by atoms with Gasteiger partial charge in [-0.3, -0.25) is 4.79 Å². The van der Waals surface area contributed by atoms with E-state index in [4.69, 9.17) is 4.74 Å². The molecular weight excluding hydrogens is 294 g/mol. The Hall–Kier alpha value is -1.73. The molecule has 2 unspecified atom stereocenters. The summed E-state index contributed by atoms with van der Waals surface area (Å²) < 4.78 is 34.7. The van der Waals surface area contributed by atoms with Crippen molar-refractivity contribution in [2.45, 2.75) is 32.1 Å². The van der Waals surface area contributed by atoms with Gasteiger partial charge in [-0.05, 0) is 13.0 Å². The molecule has 0 aromatic heterocycles. The minimum Gasteiger partial charge on any atom is -0.434 e. The first kappa shape index (κ1) is 16.6. The zero-order chi connectivity index (χ0) is 15.9. The average molecular weight is 314 g/mol. The van der Waals surface area contributed by atoms with Crippen molar-refractivity contribution in [1.82, 2.24) is 10.6 Å². The molecule has 1 aliphatic rings. The Kier molecular flexibility index (Phi) is 6.09. The summed E-state index contributed by atoms with van der Waals surface area (Å²) in [7, 11) is 0. The van der Waals surface area contributed by atoms with Gasteiger partial charge in [0.25, 0.3) is 0 Å². The van der Waals surface area contributed by atoms with Crippen LogP contribution in [0.1, 0.15) is 24.9 Å². The van der Waals surface area contributed by atoms with Gasteiger partial charge in [-0.25, -0.2) is 0 Å². The molecule has 0 saturated carbocycles. The van der Waals surface area contributed by atoms with Crippen LogP contribution in [0.2, 0.25) is 0 Å². The van der Waals surface area contributed by atoms with Crippen LogP contribution in [-0.4, -0.2) is 38.3 Å². The molecule has 7 heteroatoms. The lowest BCUT2D eigenvalue weighted by Crippen LogP contribution is -2.41. The maximum absolute atomic E-state index is 12.4. The summed E-state index contributed by atoms with van der Waals surface area (Å²) in [5, 5.41) is 5.93. The molecule has 1 amide bonds. The van der Waals surface area contributed by atoms with Gasteiger partial charge in [0.1, 0.15) is 5.75 Å². The molecule has 2 rings (SSSR count). The third-order valence-corrected chi connectivity index (χ3v) is 3.40. The number of morpholine rings is 1. The molecule has 2 atom stereocenters. The van der Waals surface area contributed by atoms with E-state index in [0.29, 0.717) is 18.7 Å². The van der Waals surface area contributed by atoms with Gasteiger partial charge in [-0.15, -0.1) is 0 Å². The Morgan fingerprint density at radius 1 is 1.50 bits per heavy atom. The molecule has 22 heavy (non-hydrogen) atoms. The van der Waals surface area contributed by atoms with E-state index in [1.165, 1.54) is 6.07 Å². The number of ether oxygens (including phenoxy) is 2. The zero-order valence-electron chi connectivity index (χ0n) is 12.4. The third kappa shape index (κ3) is 4.92. The first-order valence-corrected chi connectivity index (χ1v) is 7.21. The van der Waals surface area contributed by atoms with Gasteiger partial charge in [-0.2, -0.15) is 8.78 Å². The van der Waals surface area contributed by atoms with E-state index in [9.17, 15) is 13.6 Å². The molecule has 0 radical (unpaired) electrons. The fourth-order valence-corrected chi connectivity index (χ4v) is 2.38. The summed E-state index contributed by atoms with van der Waals surface area (Å²) in [5.74, 6) is -0.117. The summed E-state index contributed by atoms with van der Waals surface area (Å²) in [5.41, 5.74) is 0.513. The van der Waals surface area contributed by atoms with Gasteiger partial charge in [0.05, 0.1) is 25.2 Å². The van der Waals surface area contributed by atoms with Crippen molar-refractivity contribution in [3.8, 4) is 5.75 Å². The van der Waals surface area contributed by atoms with Crippen molar-refractivity contribution in [2.75, 3.05) is 19.7 Å². The highest BCUT2D eigenvalue weighted by atomic mass is 19.3. The average Bonchev–Trinajstić information content (AvgIpc) is 2.48. The van der Waals surface area contributed by atoms with Crippen LogP contribution in [0.3, 0.4) is 0 Å². The van der Waals surface area contributed by atoms with E-state index in [0.717, 1.165) is 6.54 Å². The number of rotatable bonds is 6. The highest BCUT2D eigenvalue weighted by molar-refractivity contribution is 5.77. The first-order chi connectivity index (χ1) is 10.6. The number of hydrogen-bond acceptors (Lipinski definition) is 4. The van der Waals surface area contributed by atoms with E-state index in [1.54, 1.807) is 25.1 Å². The van der Waals surface area contributed by atoms with Crippen LogP contribution >= 0.6 is 0 Å². The maximum Gasteiger partial charge on any atom is 0.387 e. The number of amides is 1. The lowest BCUT2D eigenvalue weighted by atomic mass is 10.1. The summed E-state index contributed by atoms with van der Waals surface area (Å²) in [6.45, 7) is 0.829. The fourth-order valence-electron chi connectivity index (χ4n) is 2.38. The van der Waals surface area contributed by atoms with Crippen molar-refractivity contribution < 1.29 is 23.0 Å². The van der Waals surface area contributed by atoms with Crippen LogP contribution < -0.4 is 15.4 Å². The standard InChI is InChI=1S/C15H20F2N2O3/c1-10(12-4-2-3-5-13(12)22-15(16)17)19-14(20)8-11-9-18-6-7-21-11/h2-5,10-11,15,18H,6-9H2,1H3,(H,19,20). The number of halogens is 2. The van der Waals surface area contributed by atoms with Gasteiger partial charge < -0.3 is 20.1 Å². The second-order valence-corrected chi connectivity index (χ2v) is 5.11. The molecule has 1 aliphatic heterocycles. The monoisotopic (exact) mass is 314 g/mol. The van der Waals surface area contributed by atoms with Crippen molar-refractivity contribution >= 4 is 5.91 Å². The summed E-state index contributed by atoms with van der Waals surface area (Å²) in [4.78, 5) is 12.0. The summed E-state index contributed by atoms with van der Waals surface area (Å²) >= 11 is 0. The minimum absolute atomic E-state index is 0.0703. The number of para-hydroxylation sites is 1. The number of alkyl halides is 2. The number of carbonyl (C=O) groups is 1. The molecule has 1 aromatic carbocycles. The topological polar surface area (TPSA) is 59.6 Å². The Bertz CT molecular complexity index is 493. The SMILES string of the molecule is CC(NC(=O)CC1CNCCO1)c1ccccc1OC(F)F. The van der Waals surface area contributed by atoms with Crippen LogP contribution in [0.15, 0.2) is 24.3 Å². The highest BCUT2D eigenvalue weighted by Crippen LogP contribution is 2.26. The van der Waals surface area contributed by atoms with Crippen LogP contribution in [0.4, 0.5) is 8.78 Å². The molecule has 0 spiro atoms. The molecule has 122 valence electrons. The van der Waals surface area contributed by atoms with Crippen molar-refractivity contribution in [2.24, 2.45) is 0 Å². The molecule has 1 saturated heterocycles. The Labute approximate surface area is 128 Å². The number of benzene rings is 1. The lowest BCUT2D eigenvalue weighted by Gasteiger charge is -2.24. The minimum atomic E-state index is -2.90. The van der Waals surface area contributed by atoms with Gasteiger partial charge in [0, 0.05) is 18.7 Å². The second-order valence-electron chi connectivity index (χ2n) is 5.11. The summed E-state index contributed by atoms with van der Waals surface area (Å²) in [6, 6.07) is 6.00. The van der Waals surface area contributed by atoms with Crippen LogP contribution in [0.25, 0.3) is 0 Å². The van der Waals surface area contributed by atoms with Crippen LogP contribution in [-0.2, 0) is 9.53 Å². The Morgan fingerprint density at radius 2 is 2.27 bits per heavy atom. The van der Waals surface area contributed by atoms with Crippen molar-refractivity contribution in [3.05, 3.63) is 29.8 Å². The molecule has 0 aliphatic carbocycles. The molecule has 0 bridgehead atoms. The molecular formula is C15H20F2N2O3. The quantitative estimate of drug-likeness (QED) is 0.841. The van der Waals surface area contributed by atoms with Crippen molar-refractivity contribution in [1.29, 1.82) is 0 Å². The Balaban J connectivity index is 1.93. The molecule has 2 N–H and O–H groups in total. The highest BCUT2D eigenvalue weighted by Gasteiger charge is 2.20. The van der Waals surface area contributed by atoms with E-state index >= 15 is 0 Å². The molecule has 1 heterocycles. The van der Waals surface area contributed by atoms with E-state index in [1.807, 2.05) is 0 Å². The molecule has 1 fully saturated rings. The number of hydrogen-bond donors (Lipinski definition) is 2. The third-order valence-electron chi connectivity index (χ3n) is 3.40. The largest absolute Gasteiger partial charge is 0.434 e. The predicted molar refractivity (Wildman–Crippen MR) is 76.9 cm³/mol. The van der Waals surface area contributed by atoms with E-state index < -0.39 is 12.7 Å².